The summed E-state index contributed by atoms with van der Waals surface area (Å²) < 4.78 is 0. The van der Waals surface area contributed by atoms with Crippen molar-refractivity contribution in [1.82, 2.24) is 15.1 Å². The molecule has 17 heavy (non-hydrogen) atoms. The van der Waals surface area contributed by atoms with Gasteiger partial charge in [-0.2, -0.15) is 0 Å². The highest BCUT2D eigenvalue weighted by molar-refractivity contribution is 7.15. The van der Waals surface area contributed by atoms with Gasteiger partial charge in [0.05, 0.1) is 12.1 Å². The van der Waals surface area contributed by atoms with Crippen LogP contribution in [0.3, 0.4) is 0 Å². The zero-order valence-corrected chi connectivity index (χ0v) is 11.3. The van der Waals surface area contributed by atoms with Crippen molar-refractivity contribution >= 4 is 16.5 Å². The zero-order chi connectivity index (χ0) is 12.3. The van der Waals surface area contributed by atoms with Crippen molar-refractivity contribution in [2.45, 2.75) is 37.8 Å². The predicted octanol–water partition coefficient (Wildman–Crippen LogP) is 1.32. The van der Waals surface area contributed by atoms with E-state index in [4.69, 9.17) is 0 Å². The fourth-order valence-electron chi connectivity index (χ4n) is 2.40. The van der Waals surface area contributed by atoms with Gasteiger partial charge in [0.1, 0.15) is 5.01 Å². The number of nitrogens with zero attached hydrogens (tertiary/aromatic N) is 3. The fourth-order valence-corrected chi connectivity index (χ4v) is 3.17. The largest absolute Gasteiger partial charge is 0.389 e. The molecule has 0 radical (unpaired) electrons. The van der Waals surface area contributed by atoms with E-state index in [9.17, 15) is 5.11 Å². The summed E-state index contributed by atoms with van der Waals surface area (Å²) in [4.78, 5) is 2.13. The Bertz CT molecular complexity index is 362. The lowest BCUT2D eigenvalue weighted by Crippen LogP contribution is -2.38. The lowest BCUT2D eigenvalue weighted by atomic mass is 10.0. The molecule has 0 saturated heterocycles. The molecule has 1 aromatic heterocycles. The van der Waals surface area contributed by atoms with E-state index in [0.717, 1.165) is 48.9 Å². The molecule has 6 heteroatoms. The third-order valence-corrected chi connectivity index (χ3v) is 4.11. The van der Waals surface area contributed by atoms with Gasteiger partial charge in [0.15, 0.2) is 0 Å². The van der Waals surface area contributed by atoms with Crippen molar-refractivity contribution in [1.29, 1.82) is 0 Å². The summed E-state index contributed by atoms with van der Waals surface area (Å²) in [7, 11) is 3.87. The smallest absolute Gasteiger partial charge is 0.205 e. The van der Waals surface area contributed by atoms with Crippen LogP contribution in [0, 0.1) is 0 Å². The summed E-state index contributed by atoms with van der Waals surface area (Å²) in [6.45, 7) is 1.48. The summed E-state index contributed by atoms with van der Waals surface area (Å²) in [6.07, 6.45) is 4.14. The van der Waals surface area contributed by atoms with Crippen LogP contribution < -0.4 is 5.32 Å². The Morgan fingerprint density at radius 2 is 2.12 bits per heavy atom. The second kappa shape index (κ2) is 5.29. The van der Waals surface area contributed by atoms with Gasteiger partial charge < -0.3 is 10.4 Å². The van der Waals surface area contributed by atoms with Gasteiger partial charge in [-0.3, -0.25) is 4.90 Å². The average Bonchev–Trinajstić information content (AvgIpc) is 2.87. The number of likely N-dealkylation sites (N-methyl/N-ethyl adjacent to an activating group) is 1. The quantitative estimate of drug-likeness (QED) is 0.832. The van der Waals surface area contributed by atoms with Crippen molar-refractivity contribution in [3.8, 4) is 0 Å². The van der Waals surface area contributed by atoms with Gasteiger partial charge in [-0.25, -0.2) is 0 Å². The van der Waals surface area contributed by atoms with Crippen LogP contribution in [0.4, 0.5) is 5.13 Å². The van der Waals surface area contributed by atoms with Gasteiger partial charge >= 0.3 is 0 Å². The number of rotatable bonds is 5. The van der Waals surface area contributed by atoms with Gasteiger partial charge in [0, 0.05) is 13.6 Å². The third kappa shape index (κ3) is 3.37. The Morgan fingerprint density at radius 3 is 2.71 bits per heavy atom. The standard InChI is InChI=1S/C11H20N4OS/c1-12-10-14-13-9(17-10)7-15(2)8-11(16)5-3-4-6-11/h16H,3-8H2,1-2H3,(H,12,14). The molecule has 2 rings (SSSR count). The normalized spacial score (nSPS) is 18.8. The number of anilines is 1. The maximum absolute atomic E-state index is 10.3. The molecule has 0 unspecified atom stereocenters. The highest BCUT2D eigenvalue weighted by Crippen LogP contribution is 2.30. The van der Waals surface area contributed by atoms with E-state index in [1.807, 2.05) is 14.1 Å². The van der Waals surface area contributed by atoms with E-state index in [1.165, 1.54) is 0 Å². The first-order valence-electron chi connectivity index (χ1n) is 6.02. The van der Waals surface area contributed by atoms with Crippen molar-refractivity contribution in [2.24, 2.45) is 0 Å². The Hall–Kier alpha value is -0.720. The van der Waals surface area contributed by atoms with Crippen LogP contribution in [0.15, 0.2) is 0 Å². The Morgan fingerprint density at radius 1 is 1.41 bits per heavy atom. The topological polar surface area (TPSA) is 61.3 Å². The van der Waals surface area contributed by atoms with Gasteiger partial charge in [-0.1, -0.05) is 24.2 Å². The first-order valence-corrected chi connectivity index (χ1v) is 6.84. The molecule has 0 bridgehead atoms. The second-order valence-corrected chi connectivity index (χ2v) is 5.92. The number of aromatic nitrogens is 2. The molecular weight excluding hydrogens is 236 g/mol. The molecular formula is C11H20N4OS. The fraction of sp³-hybridized carbons (Fsp3) is 0.818. The molecule has 0 amide bonds. The van der Waals surface area contributed by atoms with Crippen molar-refractivity contribution < 1.29 is 5.11 Å². The minimum Gasteiger partial charge on any atom is -0.389 e. The lowest BCUT2D eigenvalue weighted by Gasteiger charge is -2.27. The van der Waals surface area contributed by atoms with E-state index < -0.39 is 5.60 Å². The summed E-state index contributed by atoms with van der Waals surface area (Å²) in [5.74, 6) is 0. The van der Waals surface area contributed by atoms with E-state index in [0.29, 0.717) is 0 Å². The van der Waals surface area contributed by atoms with Gasteiger partial charge in [-0.15, -0.1) is 10.2 Å². The number of aliphatic hydroxyl groups is 1. The molecule has 1 aliphatic rings. The first kappa shape index (κ1) is 12.7. The van der Waals surface area contributed by atoms with Crippen LogP contribution >= 0.6 is 11.3 Å². The van der Waals surface area contributed by atoms with Crippen molar-refractivity contribution in [3.63, 3.8) is 0 Å². The monoisotopic (exact) mass is 256 g/mol. The highest BCUT2D eigenvalue weighted by Gasteiger charge is 2.32. The zero-order valence-electron chi connectivity index (χ0n) is 10.4. The van der Waals surface area contributed by atoms with Crippen molar-refractivity contribution in [3.05, 3.63) is 5.01 Å². The molecule has 0 aliphatic heterocycles. The van der Waals surface area contributed by atoms with E-state index in [1.54, 1.807) is 11.3 Å². The molecule has 1 fully saturated rings. The van der Waals surface area contributed by atoms with Crippen LogP contribution in [-0.2, 0) is 6.54 Å². The van der Waals surface area contributed by atoms with Gasteiger partial charge in [0.2, 0.25) is 5.13 Å². The van der Waals surface area contributed by atoms with Crippen LogP contribution in [0.25, 0.3) is 0 Å². The number of hydrogen-bond acceptors (Lipinski definition) is 6. The maximum Gasteiger partial charge on any atom is 0.205 e. The Kier molecular flexibility index (Phi) is 3.96. The van der Waals surface area contributed by atoms with Crippen LogP contribution in [-0.4, -0.2) is 46.4 Å². The molecule has 0 atom stereocenters. The molecule has 1 saturated carbocycles. The second-order valence-electron chi connectivity index (χ2n) is 4.85. The minimum absolute atomic E-state index is 0.481. The molecule has 1 heterocycles. The summed E-state index contributed by atoms with van der Waals surface area (Å²) >= 11 is 1.56. The number of hydrogen-bond donors (Lipinski definition) is 2. The minimum atomic E-state index is -0.481. The maximum atomic E-state index is 10.3. The lowest BCUT2D eigenvalue weighted by molar-refractivity contribution is 0.0145. The molecule has 0 spiro atoms. The SMILES string of the molecule is CNc1nnc(CN(C)CC2(O)CCCC2)s1. The number of nitrogens with one attached hydrogen (secondary N) is 1. The summed E-state index contributed by atoms with van der Waals surface area (Å²) in [5, 5.41) is 23.2. The van der Waals surface area contributed by atoms with Crippen molar-refractivity contribution in [2.75, 3.05) is 26.0 Å². The summed E-state index contributed by atoms with van der Waals surface area (Å²) in [5.41, 5.74) is -0.481. The van der Waals surface area contributed by atoms with Crippen LogP contribution in [0.1, 0.15) is 30.7 Å². The average molecular weight is 256 g/mol. The predicted molar refractivity (Wildman–Crippen MR) is 69.2 cm³/mol. The Balaban J connectivity index is 1.86. The first-order chi connectivity index (χ1) is 8.11. The highest BCUT2D eigenvalue weighted by atomic mass is 32.1. The molecule has 2 N–H and O–H groups in total. The van der Waals surface area contributed by atoms with Gasteiger partial charge in [0.25, 0.3) is 0 Å². The molecule has 5 nitrogen and oxygen atoms in total. The van der Waals surface area contributed by atoms with Crippen LogP contribution in [0.5, 0.6) is 0 Å². The summed E-state index contributed by atoms with van der Waals surface area (Å²) in [6, 6.07) is 0. The van der Waals surface area contributed by atoms with E-state index >= 15 is 0 Å². The van der Waals surface area contributed by atoms with Crippen LogP contribution in [0.2, 0.25) is 0 Å². The van der Waals surface area contributed by atoms with E-state index in [-0.39, 0.29) is 0 Å². The molecule has 1 aliphatic carbocycles. The third-order valence-electron chi connectivity index (χ3n) is 3.18. The molecule has 0 aromatic carbocycles. The Labute approximate surface area is 106 Å². The van der Waals surface area contributed by atoms with Gasteiger partial charge in [-0.05, 0) is 19.9 Å². The van der Waals surface area contributed by atoms with E-state index in [2.05, 4.69) is 20.4 Å². The molecule has 96 valence electrons. The molecule has 1 aromatic rings.